The smallest absolute Gasteiger partial charge is 0.407 e. The molecule has 2 bridgehead atoms. The Labute approximate surface area is 241 Å². The number of hydrogen-bond donors (Lipinski definition) is 2. The minimum absolute atomic E-state index is 0.0347. The Morgan fingerprint density at radius 1 is 1.32 bits per heavy atom. The molecule has 2 N–H and O–H groups in total. The van der Waals surface area contributed by atoms with E-state index in [2.05, 4.69) is 28.9 Å². The molecule has 1 amide bonds. The van der Waals surface area contributed by atoms with Crippen LogP contribution < -0.4 is 5.32 Å². The molecule has 0 spiro atoms. The lowest BCUT2D eigenvalue weighted by Crippen LogP contribution is -2.43. The van der Waals surface area contributed by atoms with E-state index in [0.717, 1.165) is 23.0 Å². The van der Waals surface area contributed by atoms with Gasteiger partial charge in [-0.1, -0.05) is 35.3 Å². The van der Waals surface area contributed by atoms with Crippen LogP contribution in [0.1, 0.15) is 48.8 Å². The fraction of sp³-hybridized carbons (Fsp3) is 0.367. The summed E-state index contributed by atoms with van der Waals surface area (Å²) in [4.78, 5) is 18.2. The van der Waals surface area contributed by atoms with E-state index in [1.165, 1.54) is 4.90 Å². The summed E-state index contributed by atoms with van der Waals surface area (Å²) in [6.07, 6.45) is 0.414. The Morgan fingerprint density at radius 3 is 2.77 bits per heavy atom. The molecular weight excluding hydrogens is 552 g/mol. The number of nitrogens with one attached hydrogen (secondary N) is 1. The van der Waals surface area contributed by atoms with Gasteiger partial charge in [0.2, 0.25) is 0 Å². The van der Waals surface area contributed by atoms with Gasteiger partial charge in [0.05, 0.1) is 33.7 Å². The number of fused-ring (bicyclic) bond motifs is 4. The molecule has 4 aromatic rings. The van der Waals surface area contributed by atoms with Crippen molar-refractivity contribution in [2.75, 3.05) is 13.6 Å². The highest BCUT2D eigenvalue weighted by Gasteiger charge is 2.55. The van der Waals surface area contributed by atoms with E-state index in [-0.39, 0.29) is 41.0 Å². The van der Waals surface area contributed by atoms with E-state index >= 15 is 4.39 Å². The van der Waals surface area contributed by atoms with Crippen LogP contribution in [-0.2, 0) is 6.42 Å². The molecule has 4 atom stereocenters. The van der Waals surface area contributed by atoms with E-state index in [0.29, 0.717) is 45.8 Å². The van der Waals surface area contributed by atoms with Gasteiger partial charge in [-0.05, 0) is 57.5 Å². The molecule has 10 heteroatoms. The van der Waals surface area contributed by atoms with Crippen LogP contribution >= 0.6 is 23.2 Å². The number of hydrogen-bond acceptors (Lipinski definition) is 4. The lowest BCUT2D eigenvalue weighted by Gasteiger charge is -2.39. The summed E-state index contributed by atoms with van der Waals surface area (Å²) in [7, 11) is 1.88. The van der Waals surface area contributed by atoms with Crippen molar-refractivity contribution in [3.8, 4) is 17.2 Å². The summed E-state index contributed by atoms with van der Waals surface area (Å²) in [5.41, 5.74) is 4.12. The minimum Gasteiger partial charge on any atom is -0.465 e. The van der Waals surface area contributed by atoms with Crippen LogP contribution in [0, 0.1) is 30.0 Å². The third-order valence-electron chi connectivity index (χ3n) is 8.71. The topological polar surface area (TPSA) is 94.2 Å². The van der Waals surface area contributed by atoms with Crippen LogP contribution in [0.15, 0.2) is 30.3 Å². The molecule has 1 unspecified atom stereocenters. The zero-order valence-corrected chi connectivity index (χ0v) is 23.8. The summed E-state index contributed by atoms with van der Waals surface area (Å²) in [5.74, 6) is -0.338. The molecule has 2 saturated heterocycles. The number of carbonyl (C=O) groups is 1. The number of carboxylic acid groups (broad SMARTS) is 1. The number of aromatic nitrogens is 2. The van der Waals surface area contributed by atoms with Crippen molar-refractivity contribution in [1.29, 1.82) is 5.26 Å². The average Bonchev–Trinajstić information content (AvgIpc) is 3.63. The maximum Gasteiger partial charge on any atom is 0.407 e. The average molecular weight is 580 g/mol. The van der Waals surface area contributed by atoms with Crippen LogP contribution in [0.25, 0.3) is 32.9 Å². The van der Waals surface area contributed by atoms with Crippen LogP contribution in [0.5, 0.6) is 0 Å². The molecule has 3 fully saturated rings. The maximum absolute atomic E-state index is 16.7. The number of nitrogens with zero attached hydrogens (tertiary/aromatic N) is 4. The number of pyridine rings is 1. The Kier molecular flexibility index (Phi) is 6.65. The van der Waals surface area contributed by atoms with Crippen LogP contribution in [-0.4, -0.2) is 45.3 Å². The Morgan fingerprint density at radius 2 is 2.10 bits per heavy atom. The van der Waals surface area contributed by atoms with Crippen LogP contribution in [0.2, 0.25) is 10.0 Å². The molecule has 7 rings (SSSR count). The van der Waals surface area contributed by atoms with Gasteiger partial charge in [-0.25, -0.2) is 14.2 Å². The number of halogens is 3. The number of benzene rings is 2. The van der Waals surface area contributed by atoms with Crippen molar-refractivity contribution in [1.82, 2.24) is 19.8 Å². The summed E-state index contributed by atoms with van der Waals surface area (Å²) >= 11 is 12.9. The molecule has 1 saturated carbocycles. The normalized spacial score (nSPS) is 20.6. The Hall–Kier alpha value is -3.38. The highest BCUT2D eigenvalue weighted by molar-refractivity contribution is 6.43. The molecule has 7 nitrogen and oxygen atoms in total. The minimum atomic E-state index is -0.912. The zero-order chi connectivity index (χ0) is 28.5. The number of amides is 1. The third-order valence-corrected chi connectivity index (χ3v) is 9.53. The molecule has 1 aliphatic carbocycles. The lowest BCUT2D eigenvalue weighted by molar-refractivity contribution is 0.124. The number of aryl methyl sites for hydroxylation is 2. The fourth-order valence-electron chi connectivity index (χ4n) is 6.68. The predicted octanol–water partition coefficient (Wildman–Crippen LogP) is 7.27. The fourth-order valence-corrected chi connectivity index (χ4v) is 7.07. The summed E-state index contributed by atoms with van der Waals surface area (Å²) in [6.45, 7) is 4.41. The van der Waals surface area contributed by atoms with Crippen molar-refractivity contribution >= 4 is 51.1 Å². The number of nitriles is 1. The van der Waals surface area contributed by atoms with E-state index in [1.807, 2.05) is 20.0 Å². The first kappa shape index (κ1) is 26.8. The van der Waals surface area contributed by atoms with Crippen molar-refractivity contribution in [2.45, 2.75) is 51.2 Å². The van der Waals surface area contributed by atoms with Gasteiger partial charge < -0.3 is 19.9 Å². The largest absolute Gasteiger partial charge is 0.465 e. The standard InChI is InChI=1S/C30H28Cl2FN5O2/c1-14-19-12-22(15(2)35-3)38(28-17-11-23(28)37(13-17)30(39)40)29(19)20-10-16(6-5-9-34)24(26(33)27(20)36-14)18-7-4-8-21(31)25(18)32/h4,7-8,10,12,15,17,23,28,35H,5-6,11,13H2,1-3H3,(H,39,40)/t15?,17-,23-,28+/m1/s1. The quantitative estimate of drug-likeness (QED) is 0.250. The van der Waals surface area contributed by atoms with Gasteiger partial charge in [-0.15, -0.1) is 0 Å². The highest BCUT2D eigenvalue weighted by Crippen LogP contribution is 2.53. The van der Waals surface area contributed by atoms with Gasteiger partial charge >= 0.3 is 6.09 Å². The first-order valence-electron chi connectivity index (χ1n) is 13.3. The van der Waals surface area contributed by atoms with Gasteiger partial charge in [-0.2, -0.15) is 5.26 Å². The van der Waals surface area contributed by atoms with Gasteiger partial charge in [0.1, 0.15) is 5.52 Å². The van der Waals surface area contributed by atoms with E-state index in [4.69, 9.17) is 28.2 Å². The van der Waals surface area contributed by atoms with E-state index in [1.54, 1.807) is 18.2 Å². The van der Waals surface area contributed by atoms with Crippen molar-refractivity contribution < 1.29 is 14.3 Å². The Balaban J connectivity index is 1.70. The SMILES string of the molecule is CNC(C)c1cc2c(C)nc3c(F)c(-c4cccc(Cl)c4Cl)c(CCC#N)cc3c2n1[C@H]1[C@@H]2C[C@H]1N(C(=O)O)C2. The molecule has 3 aliphatic rings. The maximum atomic E-state index is 16.7. The van der Waals surface area contributed by atoms with Gasteiger partial charge in [0, 0.05) is 58.2 Å². The van der Waals surface area contributed by atoms with E-state index in [9.17, 15) is 15.2 Å². The zero-order valence-electron chi connectivity index (χ0n) is 22.3. The van der Waals surface area contributed by atoms with Gasteiger partial charge in [0.25, 0.3) is 0 Å². The summed E-state index contributed by atoms with van der Waals surface area (Å²) in [6, 6.07) is 11.1. The molecule has 2 aliphatic heterocycles. The number of rotatable bonds is 6. The first-order valence-corrected chi connectivity index (χ1v) is 14.1. The molecular formula is C30H28Cl2FN5O2. The lowest BCUT2D eigenvalue weighted by atomic mass is 9.79. The second kappa shape index (κ2) is 9.91. The Bertz CT molecular complexity index is 1750. The summed E-state index contributed by atoms with van der Waals surface area (Å²) in [5, 5.41) is 24.6. The highest BCUT2D eigenvalue weighted by atomic mass is 35.5. The van der Waals surface area contributed by atoms with Crippen molar-refractivity contribution in [3.05, 3.63) is 63.1 Å². The molecule has 2 aromatic carbocycles. The molecule has 206 valence electrons. The van der Waals surface area contributed by atoms with Gasteiger partial charge in [-0.3, -0.25) is 0 Å². The monoisotopic (exact) mass is 579 g/mol. The second-order valence-corrected chi connectivity index (χ2v) is 11.6. The molecule has 2 aromatic heterocycles. The van der Waals surface area contributed by atoms with Gasteiger partial charge in [0.15, 0.2) is 5.82 Å². The molecule has 4 heterocycles. The molecule has 0 radical (unpaired) electrons. The van der Waals surface area contributed by atoms with Crippen LogP contribution in [0.3, 0.4) is 0 Å². The third kappa shape index (κ3) is 3.87. The molecule has 40 heavy (non-hydrogen) atoms. The van der Waals surface area contributed by atoms with Crippen LogP contribution in [0.4, 0.5) is 9.18 Å². The van der Waals surface area contributed by atoms with Crippen molar-refractivity contribution in [3.63, 3.8) is 0 Å². The van der Waals surface area contributed by atoms with Crippen molar-refractivity contribution in [2.24, 2.45) is 5.92 Å². The summed E-state index contributed by atoms with van der Waals surface area (Å²) < 4.78 is 18.9. The predicted molar refractivity (Wildman–Crippen MR) is 154 cm³/mol. The second-order valence-electron chi connectivity index (χ2n) is 10.8. The van der Waals surface area contributed by atoms with E-state index < -0.39 is 11.9 Å². The first-order chi connectivity index (χ1) is 19.2.